The van der Waals surface area contributed by atoms with E-state index in [0.29, 0.717) is 0 Å². The van der Waals surface area contributed by atoms with Crippen molar-refractivity contribution in [3.63, 3.8) is 0 Å². The molecule has 3 aromatic heterocycles. The second kappa shape index (κ2) is 2.01. The van der Waals surface area contributed by atoms with Gasteiger partial charge in [-0.2, -0.15) is 5.10 Å². The Morgan fingerprint density at radius 3 is 3.33 bits per heavy atom. The lowest BCUT2D eigenvalue weighted by Crippen LogP contribution is -1.74. The molecule has 0 unspecified atom stereocenters. The summed E-state index contributed by atoms with van der Waals surface area (Å²) in [6.45, 7) is 0. The Morgan fingerprint density at radius 2 is 2.33 bits per heavy atom. The van der Waals surface area contributed by atoms with E-state index in [-0.39, 0.29) is 0 Å². The minimum Gasteiger partial charge on any atom is -0.276 e. The highest BCUT2D eigenvalue weighted by Crippen LogP contribution is 2.29. The van der Waals surface area contributed by atoms with Gasteiger partial charge in [-0.15, -0.1) is 11.3 Å². The zero-order valence-electron chi connectivity index (χ0n) is 5.98. The molecule has 3 aromatic rings. The highest BCUT2D eigenvalue weighted by Gasteiger charge is 2.05. The molecule has 3 rings (SSSR count). The minimum absolute atomic E-state index is 1.01. The van der Waals surface area contributed by atoms with Crippen LogP contribution < -0.4 is 0 Å². The van der Waals surface area contributed by atoms with Gasteiger partial charge in [-0.25, -0.2) is 9.97 Å². The molecular weight excluding hydrogens is 172 g/mol. The average Bonchev–Trinajstić information content (AvgIpc) is 2.62. The van der Waals surface area contributed by atoms with Crippen LogP contribution in [0.4, 0.5) is 0 Å². The Morgan fingerprint density at radius 1 is 1.33 bits per heavy atom. The van der Waals surface area contributed by atoms with E-state index in [1.165, 1.54) is 0 Å². The van der Waals surface area contributed by atoms with Crippen LogP contribution in [0, 0.1) is 0 Å². The van der Waals surface area contributed by atoms with Gasteiger partial charge in [-0.3, -0.25) is 5.10 Å². The molecule has 0 aliphatic rings. The van der Waals surface area contributed by atoms with Gasteiger partial charge in [0.25, 0.3) is 0 Å². The van der Waals surface area contributed by atoms with Crippen LogP contribution in [0.1, 0.15) is 0 Å². The highest BCUT2D eigenvalue weighted by molar-refractivity contribution is 7.25. The number of nitrogens with zero attached hydrogens (tertiary/aromatic N) is 3. The van der Waals surface area contributed by atoms with E-state index < -0.39 is 0 Å². The number of H-pyrrole nitrogens is 1. The fourth-order valence-corrected chi connectivity index (χ4v) is 2.16. The fraction of sp³-hybridized carbons (Fsp3) is 0. The third-order valence-corrected chi connectivity index (χ3v) is 2.80. The van der Waals surface area contributed by atoms with Gasteiger partial charge in [0.05, 0.1) is 21.8 Å². The Bertz CT molecular complexity index is 537. The molecule has 12 heavy (non-hydrogen) atoms. The van der Waals surface area contributed by atoms with Crippen molar-refractivity contribution in [3.8, 4) is 0 Å². The summed E-state index contributed by atoms with van der Waals surface area (Å²) in [5.74, 6) is 0. The standard InChI is InChI=1S/C7H4N4S/c1-4-6-5(2-10-11-6)12-7(4)9-3-8-1/h1-3H,(H,10,11). The van der Waals surface area contributed by atoms with Gasteiger partial charge in [-0.1, -0.05) is 0 Å². The number of aromatic amines is 1. The van der Waals surface area contributed by atoms with Crippen molar-refractivity contribution in [2.75, 3.05) is 0 Å². The molecule has 0 amide bonds. The molecule has 0 fully saturated rings. The van der Waals surface area contributed by atoms with Gasteiger partial charge >= 0.3 is 0 Å². The van der Waals surface area contributed by atoms with Crippen molar-refractivity contribution in [2.45, 2.75) is 0 Å². The van der Waals surface area contributed by atoms with E-state index in [9.17, 15) is 0 Å². The van der Waals surface area contributed by atoms with Gasteiger partial charge < -0.3 is 0 Å². The van der Waals surface area contributed by atoms with Crippen molar-refractivity contribution in [1.29, 1.82) is 0 Å². The first kappa shape index (κ1) is 6.07. The molecule has 58 valence electrons. The first-order valence-corrected chi connectivity index (χ1v) is 4.28. The van der Waals surface area contributed by atoms with Gasteiger partial charge in [-0.05, 0) is 0 Å². The molecule has 0 aliphatic carbocycles. The topological polar surface area (TPSA) is 54.5 Å². The number of thiophene rings is 1. The molecule has 4 nitrogen and oxygen atoms in total. The lowest BCUT2D eigenvalue weighted by atomic mass is 10.4. The van der Waals surface area contributed by atoms with Gasteiger partial charge in [0, 0.05) is 6.20 Å². The number of hydrogen-bond acceptors (Lipinski definition) is 4. The van der Waals surface area contributed by atoms with Crippen LogP contribution >= 0.6 is 11.3 Å². The van der Waals surface area contributed by atoms with Crippen LogP contribution in [0.5, 0.6) is 0 Å². The van der Waals surface area contributed by atoms with Crippen LogP contribution in [0.3, 0.4) is 0 Å². The maximum Gasteiger partial charge on any atom is 0.129 e. The normalized spacial score (nSPS) is 11.3. The van der Waals surface area contributed by atoms with E-state index in [1.54, 1.807) is 23.9 Å². The quantitative estimate of drug-likeness (QED) is 0.565. The van der Waals surface area contributed by atoms with E-state index in [2.05, 4.69) is 20.2 Å². The van der Waals surface area contributed by atoms with Gasteiger partial charge in [0.15, 0.2) is 0 Å². The number of aromatic nitrogens is 4. The maximum atomic E-state index is 4.15. The summed E-state index contributed by atoms with van der Waals surface area (Å²) in [7, 11) is 0. The number of hydrogen-bond donors (Lipinski definition) is 1. The number of fused-ring (bicyclic) bond motifs is 3. The van der Waals surface area contributed by atoms with Crippen molar-refractivity contribution in [1.82, 2.24) is 20.2 Å². The largest absolute Gasteiger partial charge is 0.276 e. The van der Waals surface area contributed by atoms with Gasteiger partial charge in [0.2, 0.25) is 0 Å². The molecule has 0 saturated carbocycles. The Balaban J connectivity index is 2.68. The molecule has 0 aromatic carbocycles. The van der Waals surface area contributed by atoms with E-state index >= 15 is 0 Å². The van der Waals surface area contributed by atoms with E-state index in [4.69, 9.17) is 0 Å². The van der Waals surface area contributed by atoms with Crippen molar-refractivity contribution < 1.29 is 0 Å². The summed E-state index contributed by atoms with van der Waals surface area (Å²) < 4.78 is 1.13. The maximum absolute atomic E-state index is 4.15. The molecule has 1 N–H and O–H groups in total. The zero-order chi connectivity index (χ0) is 7.97. The Kier molecular flexibility index (Phi) is 1.02. The SMILES string of the molecule is c1ncc2c(n1)sc1cn[nH]c12. The summed E-state index contributed by atoms with van der Waals surface area (Å²) in [6.07, 6.45) is 5.17. The number of nitrogens with one attached hydrogen (secondary N) is 1. The zero-order valence-corrected chi connectivity index (χ0v) is 6.80. The smallest absolute Gasteiger partial charge is 0.129 e. The summed E-state index contributed by atoms with van der Waals surface area (Å²) >= 11 is 1.62. The second-order valence-electron chi connectivity index (χ2n) is 2.45. The van der Waals surface area contributed by atoms with Crippen molar-refractivity contribution in [3.05, 3.63) is 18.7 Å². The molecule has 0 radical (unpaired) electrons. The lowest BCUT2D eigenvalue weighted by molar-refractivity contribution is 1.12. The summed E-state index contributed by atoms with van der Waals surface area (Å²) in [6, 6.07) is 0. The van der Waals surface area contributed by atoms with Gasteiger partial charge in [0.1, 0.15) is 11.2 Å². The van der Waals surface area contributed by atoms with Crippen LogP contribution in [-0.4, -0.2) is 20.2 Å². The fourth-order valence-electron chi connectivity index (χ4n) is 1.22. The molecule has 0 saturated heterocycles. The summed E-state index contributed by atoms with van der Waals surface area (Å²) in [5.41, 5.74) is 1.04. The molecule has 0 spiro atoms. The molecule has 0 atom stereocenters. The van der Waals surface area contributed by atoms with Crippen LogP contribution in [-0.2, 0) is 0 Å². The Hall–Kier alpha value is -1.49. The van der Waals surface area contributed by atoms with Crippen LogP contribution in [0.15, 0.2) is 18.7 Å². The predicted molar refractivity (Wildman–Crippen MR) is 47.1 cm³/mol. The third kappa shape index (κ3) is 0.634. The molecule has 5 heteroatoms. The average molecular weight is 176 g/mol. The van der Waals surface area contributed by atoms with Crippen molar-refractivity contribution in [2.24, 2.45) is 0 Å². The minimum atomic E-state index is 1.01. The molecule has 0 bridgehead atoms. The first-order valence-electron chi connectivity index (χ1n) is 3.47. The summed E-state index contributed by atoms with van der Waals surface area (Å²) in [5, 5.41) is 7.92. The Labute approximate surface area is 71.3 Å². The highest BCUT2D eigenvalue weighted by atomic mass is 32.1. The monoisotopic (exact) mass is 176 g/mol. The third-order valence-electron chi connectivity index (χ3n) is 1.76. The van der Waals surface area contributed by atoms with Crippen LogP contribution in [0.25, 0.3) is 20.4 Å². The first-order chi connectivity index (χ1) is 5.95. The van der Waals surface area contributed by atoms with Crippen molar-refractivity contribution >= 4 is 31.8 Å². The predicted octanol–water partition coefficient (Wildman–Crippen LogP) is 1.57. The molecule has 0 aliphatic heterocycles. The van der Waals surface area contributed by atoms with E-state index in [1.807, 2.05) is 6.20 Å². The molecular formula is C7H4N4S. The van der Waals surface area contributed by atoms with E-state index in [0.717, 1.165) is 20.4 Å². The lowest BCUT2D eigenvalue weighted by Gasteiger charge is -1.83. The summed E-state index contributed by atoms with van der Waals surface area (Å²) in [4.78, 5) is 9.12. The number of rotatable bonds is 0. The molecule has 3 heterocycles. The second-order valence-corrected chi connectivity index (χ2v) is 3.48. The van der Waals surface area contributed by atoms with Crippen LogP contribution in [0.2, 0.25) is 0 Å².